The van der Waals surface area contributed by atoms with Crippen molar-refractivity contribution in [2.45, 2.75) is 6.42 Å². The number of rotatable bonds is 1. The summed E-state index contributed by atoms with van der Waals surface area (Å²) in [6, 6.07) is 6.11. The Bertz CT molecular complexity index is 469. The van der Waals surface area contributed by atoms with Crippen molar-refractivity contribution in [1.82, 2.24) is 5.32 Å². The summed E-state index contributed by atoms with van der Waals surface area (Å²) in [4.78, 5) is 14.8. The molecule has 5 nitrogen and oxygen atoms in total. The fourth-order valence-corrected chi connectivity index (χ4v) is 2.71. The van der Waals surface area contributed by atoms with Crippen LogP contribution in [0, 0.1) is 0 Å². The van der Waals surface area contributed by atoms with Gasteiger partial charge in [0.2, 0.25) is 0 Å². The second kappa shape index (κ2) is 4.49. The van der Waals surface area contributed by atoms with Crippen LogP contribution >= 0.6 is 0 Å². The third-order valence-corrected chi connectivity index (χ3v) is 3.67. The monoisotopic (exact) mass is 247 g/mol. The molecule has 0 aliphatic carbocycles. The maximum atomic E-state index is 11.1. The van der Waals surface area contributed by atoms with Crippen molar-refractivity contribution in [2.75, 3.05) is 42.5 Å². The summed E-state index contributed by atoms with van der Waals surface area (Å²) >= 11 is 0. The number of carboxylic acid groups (broad SMARTS) is 1. The van der Waals surface area contributed by atoms with E-state index in [1.807, 2.05) is 12.1 Å². The molecule has 0 aromatic heterocycles. The number of nitrogens with one attached hydrogen (secondary N) is 1. The van der Waals surface area contributed by atoms with Crippen molar-refractivity contribution in [3.05, 3.63) is 23.8 Å². The van der Waals surface area contributed by atoms with E-state index in [0.717, 1.165) is 43.9 Å². The summed E-state index contributed by atoms with van der Waals surface area (Å²) in [5, 5.41) is 12.4. The molecule has 1 saturated heterocycles. The van der Waals surface area contributed by atoms with Gasteiger partial charge in [-0.3, -0.25) is 4.90 Å². The zero-order valence-corrected chi connectivity index (χ0v) is 10.2. The average molecular weight is 247 g/mol. The Hall–Kier alpha value is -1.75. The van der Waals surface area contributed by atoms with Crippen LogP contribution in [0.4, 0.5) is 16.2 Å². The summed E-state index contributed by atoms with van der Waals surface area (Å²) in [6.07, 6.45) is -0.0367. The highest BCUT2D eigenvalue weighted by Gasteiger charge is 2.24. The Morgan fingerprint density at radius 3 is 2.72 bits per heavy atom. The van der Waals surface area contributed by atoms with Crippen LogP contribution in [0.5, 0.6) is 0 Å². The Balaban J connectivity index is 1.86. The molecule has 96 valence electrons. The fourth-order valence-electron chi connectivity index (χ4n) is 2.71. The van der Waals surface area contributed by atoms with Gasteiger partial charge in [-0.2, -0.15) is 0 Å². The molecule has 2 aliphatic rings. The van der Waals surface area contributed by atoms with Crippen LogP contribution in [0.2, 0.25) is 0 Å². The molecule has 0 unspecified atom stereocenters. The summed E-state index contributed by atoms with van der Waals surface area (Å²) < 4.78 is 0. The second-order valence-electron chi connectivity index (χ2n) is 4.73. The lowest BCUT2D eigenvalue weighted by Crippen LogP contribution is -2.43. The van der Waals surface area contributed by atoms with E-state index in [4.69, 9.17) is 5.11 Å². The van der Waals surface area contributed by atoms with Gasteiger partial charge < -0.3 is 15.3 Å². The molecule has 1 amide bonds. The number of hydrogen-bond donors (Lipinski definition) is 2. The fraction of sp³-hybridized carbons (Fsp3) is 0.462. The van der Waals surface area contributed by atoms with Crippen molar-refractivity contribution in [1.29, 1.82) is 0 Å². The van der Waals surface area contributed by atoms with Crippen molar-refractivity contribution in [3.8, 4) is 0 Å². The molecule has 0 atom stereocenters. The van der Waals surface area contributed by atoms with Crippen molar-refractivity contribution < 1.29 is 9.90 Å². The Kier molecular flexibility index (Phi) is 2.83. The van der Waals surface area contributed by atoms with Gasteiger partial charge >= 0.3 is 6.09 Å². The summed E-state index contributed by atoms with van der Waals surface area (Å²) in [5.41, 5.74) is 3.21. The van der Waals surface area contributed by atoms with Gasteiger partial charge in [0.15, 0.2) is 0 Å². The topological polar surface area (TPSA) is 55.8 Å². The van der Waals surface area contributed by atoms with E-state index >= 15 is 0 Å². The van der Waals surface area contributed by atoms with Crippen LogP contribution in [0.1, 0.15) is 5.56 Å². The van der Waals surface area contributed by atoms with Crippen LogP contribution in [0.3, 0.4) is 0 Å². The van der Waals surface area contributed by atoms with Gasteiger partial charge in [0.1, 0.15) is 0 Å². The number of nitrogens with zero attached hydrogens (tertiary/aromatic N) is 2. The van der Waals surface area contributed by atoms with Crippen LogP contribution in [0.15, 0.2) is 18.2 Å². The lowest BCUT2D eigenvalue weighted by Gasteiger charge is -2.29. The largest absolute Gasteiger partial charge is 0.465 e. The number of amides is 1. The molecule has 18 heavy (non-hydrogen) atoms. The first kappa shape index (κ1) is 11.3. The van der Waals surface area contributed by atoms with Gasteiger partial charge in [-0.15, -0.1) is 0 Å². The molecule has 3 rings (SSSR count). The second-order valence-corrected chi connectivity index (χ2v) is 4.73. The lowest BCUT2D eigenvalue weighted by atomic mass is 10.1. The summed E-state index contributed by atoms with van der Waals surface area (Å²) in [5.74, 6) is 0. The van der Waals surface area contributed by atoms with E-state index in [2.05, 4.69) is 16.3 Å². The van der Waals surface area contributed by atoms with Crippen LogP contribution in [-0.4, -0.2) is 43.9 Å². The highest BCUT2D eigenvalue weighted by molar-refractivity contribution is 5.89. The first-order valence-corrected chi connectivity index (χ1v) is 6.35. The number of fused-ring (bicyclic) bond motifs is 1. The quantitative estimate of drug-likeness (QED) is 0.781. The van der Waals surface area contributed by atoms with Gasteiger partial charge in [0.25, 0.3) is 0 Å². The predicted octanol–water partition coefficient (Wildman–Crippen LogP) is 1.14. The van der Waals surface area contributed by atoms with Crippen molar-refractivity contribution in [2.24, 2.45) is 0 Å². The third kappa shape index (κ3) is 1.90. The molecule has 1 aromatic rings. The standard InChI is InChI=1S/C13H17N3O2/c17-13(18)16-6-3-10-9-11(1-2-12(10)16)15-7-4-14-5-8-15/h1-2,9,14H,3-8H2,(H,17,18). The molecule has 1 aromatic carbocycles. The lowest BCUT2D eigenvalue weighted by molar-refractivity contribution is 0.202. The molecule has 2 aliphatic heterocycles. The van der Waals surface area contributed by atoms with E-state index in [0.29, 0.717) is 6.54 Å². The molecule has 0 saturated carbocycles. The molecular formula is C13H17N3O2. The van der Waals surface area contributed by atoms with Crippen molar-refractivity contribution in [3.63, 3.8) is 0 Å². The smallest absolute Gasteiger partial charge is 0.411 e. The Morgan fingerprint density at radius 2 is 2.00 bits per heavy atom. The summed E-state index contributed by atoms with van der Waals surface area (Å²) in [7, 11) is 0. The van der Waals surface area contributed by atoms with Crippen LogP contribution in [0.25, 0.3) is 0 Å². The minimum atomic E-state index is -0.858. The number of hydrogen-bond acceptors (Lipinski definition) is 3. The molecule has 2 heterocycles. The van der Waals surface area contributed by atoms with E-state index in [1.165, 1.54) is 10.6 Å². The van der Waals surface area contributed by atoms with Crippen molar-refractivity contribution >= 4 is 17.5 Å². The normalized spacial score (nSPS) is 18.9. The van der Waals surface area contributed by atoms with Crippen LogP contribution < -0.4 is 15.1 Å². The SMILES string of the molecule is O=C(O)N1CCc2cc(N3CCNCC3)ccc21. The highest BCUT2D eigenvalue weighted by atomic mass is 16.4. The number of piperazine rings is 1. The molecule has 0 radical (unpaired) electrons. The number of benzene rings is 1. The first-order valence-electron chi connectivity index (χ1n) is 6.35. The third-order valence-electron chi connectivity index (χ3n) is 3.67. The average Bonchev–Trinajstić information content (AvgIpc) is 2.82. The maximum absolute atomic E-state index is 11.1. The van der Waals surface area contributed by atoms with E-state index < -0.39 is 6.09 Å². The molecule has 2 N–H and O–H groups in total. The van der Waals surface area contributed by atoms with Gasteiger partial charge in [-0.25, -0.2) is 4.79 Å². The zero-order valence-electron chi connectivity index (χ0n) is 10.2. The Morgan fingerprint density at radius 1 is 1.22 bits per heavy atom. The molecule has 0 bridgehead atoms. The maximum Gasteiger partial charge on any atom is 0.411 e. The van der Waals surface area contributed by atoms with E-state index in [1.54, 1.807) is 0 Å². The molecular weight excluding hydrogens is 230 g/mol. The highest BCUT2D eigenvalue weighted by Crippen LogP contribution is 2.31. The minimum absolute atomic E-state index is 0.579. The van der Waals surface area contributed by atoms with E-state index in [-0.39, 0.29) is 0 Å². The van der Waals surface area contributed by atoms with Gasteiger partial charge in [-0.1, -0.05) is 0 Å². The minimum Gasteiger partial charge on any atom is -0.465 e. The first-order chi connectivity index (χ1) is 8.75. The van der Waals surface area contributed by atoms with Gasteiger partial charge in [-0.05, 0) is 30.2 Å². The molecule has 0 spiro atoms. The Labute approximate surface area is 106 Å². The number of carbonyl (C=O) groups is 1. The van der Waals surface area contributed by atoms with Gasteiger partial charge in [0, 0.05) is 38.4 Å². The zero-order chi connectivity index (χ0) is 12.5. The number of anilines is 2. The molecule has 1 fully saturated rings. The van der Waals surface area contributed by atoms with E-state index in [9.17, 15) is 4.79 Å². The van der Waals surface area contributed by atoms with Gasteiger partial charge in [0.05, 0.1) is 5.69 Å². The molecule has 5 heteroatoms. The summed E-state index contributed by atoms with van der Waals surface area (Å²) in [6.45, 7) is 4.63. The van der Waals surface area contributed by atoms with Crippen LogP contribution in [-0.2, 0) is 6.42 Å². The predicted molar refractivity (Wildman–Crippen MR) is 70.6 cm³/mol.